The molecule has 0 fully saturated rings. The standard InChI is InChI=1S/C20H22N4O/c1-3-13-5-6-15(9-14(13)4-2)19-12-23-20(25-19)24-17-7-8-18(22)16(10-17)11-21/h5-12,21H,3-4,22H2,1-2H3,(H,23,24). The normalized spacial score (nSPS) is 10.6. The molecule has 1 aromatic heterocycles. The van der Waals surface area contributed by atoms with Crippen LogP contribution in [0.25, 0.3) is 11.3 Å². The second-order valence-electron chi connectivity index (χ2n) is 5.83. The highest BCUT2D eigenvalue weighted by Crippen LogP contribution is 2.27. The van der Waals surface area contributed by atoms with Crippen LogP contribution in [0, 0.1) is 5.41 Å². The zero-order chi connectivity index (χ0) is 17.8. The van der Waals surface area contributed by atoms with Crippen LogP contribution in [-0.2, 0) is 12.8 Å². The van der Waals surface area contributed by atoms with Gasteiger partial charge in [0.2, 0.25) is 0 Å². The Morgan fingerprint density at radius 3 is 2.64 bits per heavy atom. The highest BCUT2D eigenvalue weighted by molar-refractivity contribution is 5.87. The summed E-state index contributed by atoms with van der Waals surface area (Å²) in [7, 11) is 0. The fourth-order valence-electron chi connectivity index (χ4n) is 2.82. The molecule has 5 heteroatoms. The molecule has 0 saturated heterocycles. The summed E-state index contributed by atoms with van der Waals surface area (Å²) in [5.74, 6) is 0.725. The molecule has 0 aliphatic rings. The fraction of sp³-hybridized carbons (Fsp3) is 0.200. The van der Waals surface area contributed by atoms with Crippen LogP contribution >= 0.6 is 0 Å². The number of hydrogen-bond donors (Lipinski definition) is 3. The lowest BCUT2D eigenvalue weighted by atomic mass is 9.99. The van der Waals surface area contributed by atoms with Gasteiger partial charge in [-0.3, -0.25) is 0 Å². The third kappa shape index (κ3) is 3.55. The summed E-state index contributed by atoms with van der Waals surface area (Å²) in [6.45, 7) is 4.33. The van der Waals surface area contributed by atoms with E-state index in [0.29, 0.717) is 17.3 Å². The predicted molar refractivity (Wildman–Crippen MR) is 103 cm³/mol. The quantitative estimate of drug-likeness (QED) is 0.447. The van der Waals surface area contributed by atoms with Crippen molar-refractivity contribution < 1.29 is 4.42 Å². The van der Waals surface area contributed by atoms with E-state index in [1.54, 1.807) is 18.3 Å². The lowest BCUT2D eigenvalue weighted by Crippen LogP contribution is -1.96. The predicted octanol–water partition coefficient (Wildman–Crippen LogP) is 4.79. The molecular weight excluding hydrogens is 312 g/mol. The molecule has 2 aromatic carbocycles. The fourth-order valence-corrected chi connectivity index (χ4v) is 2.82. The molecule has 5 nitrogen and oxygen atoms in total. The SMILES string of the molecule is CCc1ccc(-c2cnc(Nc3ccc(N)c(C=N)c3)o2)cc1CC. The molecule has 0 atom stereocenters. The molecule has 3 aromatic rings. The van der Waals surface area contributed by atoms with Gasteiger partial charge in [-0.15, -0.1) is 0 Å². The van der Waals surface area contributed by atoms with Crippen LogP contribution in [0.4, 0.5) is 17.4 Å². The Balaban J connectivity index is 1.84. The first-order valence-electron chi connectivity index (χ1n) is 8.39. The number of hydrogen-bond acceptors (Lipinski definition) is 5. The van der Waals surface area contributed by atoms with E-state index in [1.807, 2.05) is 6.07 Å². The maximum atomic E-state index is 7.38. The Hall–Kier alpha value is -3.08. The van der Waals surface area contributed by atoms with Crippen molar-refractivity contribution in [1.29, 1.82) is 5.41 Å². The average molecular weight is 334 g/mol. The Bertz CT molecular complexity index is 898. The first-order chi connectivity index (χ1) is 12.1. The van der Waals surface area contributed by atoms with Crippen LogP contribution in [0.2, 0.25) is 0 Å². The average Bonchev–Trinajstić information content (AvgIpc) is 3.11. The van der Waals surface area contributed by atoms with Gasteiger partial charge in [-0.05, 0) is 48.2 Å². The van der Waals surface area contributed by atoms with Crippen molar-refractivity contribution in [3.8, 4) is 11.3 Å². The number of benzene rings is 2. The number of oxazole rings is 1. The Kier molecular flexibility index (Phi) is 4.84. The van der Waals surface area contributed by atoms with Gasteiger partial charge in [0.25, 0.3) is 6.01 Å². The second kappa shape index (κ2) is 7.21. The highest BCUT2D eigenvalue weighted by atomic mass is 16.4. The number of nitrogens with two attached hydrogens (primary N) is 1. The summed E-state index contributed by atoms with van der Waals surface area (Å²) in [5.41, 5.74) is 11.5. The molecular formula is C20H22N4O. The topological polar surface area (TPSA) is 87.9 Å². The van der Waals surface area contributed by atoms with Gasteiger partial charge in [0.1, 0.15) is 0 Å². The van der Waals surface area contributed by atoms with E-state index in [9.17, 15) is 0 Å². The zero-order valence-electron chi connectivity index (χ0n) is 14.5. The molecule has 0 saturated carbocycles. The Morgan fingerprint density at radius 2 is 1.92 bits per heavy atom. The highest BCUT2D eigenvalue weighted by Gasteiger charge is 2.09. The van der Waals surface area contributed by atoms with Crippen LogP contribution in [0.15, 0.2) is 47.0 Å². The van der Waals surface area contributed by atoms with Crippen molar-refractivity contribution in [3.63, 3.8) is 0 Å². The number of nitrogen functional groups attached to an aromatic ring is 1. The van der Waals surface area contributed by atoms with Gasteiger partial charge in [0.05, 0.1) is 6.20 Å². The first-order valence-corrected chi connectivity index (χ1v) is 8.39. The summed E-state index contributed by atoms with van der Waals surface area (Å²) in [4.78, 5) is 4.30. The van der Waals surface area contributed by atoms with E-state index in [-0.39, 0.29) is 0 Å². The van der Waals surface area contributed by atoms with E-state index in [0.717, 1.165) is 29.9 Å². The van der Waals surface area contributed by atoms with Crippen molar-refractivity contribution >= 4 is 23.6 Å². The largest absolute Gasteiger partial charge is 0.423 e. The Morgan fingerprint density at radius 1 is 1.12 bits per heavy atom. The maximum Gasteiger partial charge on any atom is 0.299 e. The van der Waals surface area contributed by atoms with Crippen molar-refractivity contribution in [2.45, 2.75) is 26.7 Å². The van der Waals surface area contributed by atoms with Gasteiger partial charge in [-0.1, -0.05) is 26.0 Å². The number of aromatic nitrogens is 1. The molecule has 0 unspecified atom stereocenters. The van der Waals surface area contributed by atoms with Gasteiger partial charge in [-0.25, -0.2) is 4.98 Å². The lowest BCUT2D eigenvalue weighted by molar-refractivity contribution is 0.592. The van der Waals surface area contributed by atoms with Crippen molar-refractivity contribution in [3.05, 3.63) is 59.3 Å². The van der Waals surface area contributed by atoms with Gasteiger partial charge in [0.15, 0.2) is 5.76 Å². The summed E-state index contributed by atoms with van der Waals surface area (Å²) < 4.78 is 5.84. The minimum atomic E-state index is 0.410. The molecule has 1 heterocycles. The zero-order valence-corrected chi connectivity index (χ0v) is 14.5. The van der Waals surface area contributed by atoms with Crippen LogP contribution in [0.1, 0.15) is 30.5 Å². The smallest absolute Gasteiger partial charge is 0.299 e. The van der Waals surface area contributed by atoms with Crippen LogP contribution in [-0.4, -0.2) is 11.2 Å². The van der Waals surface area contributed by atoms with E-state index in [1.165, 1.54) is 17.3 Å². The molecule has 4 N–H and O–H groups in total. The van der Waals surface area contributed by atoms with Gasteiger partial charge in [0, 0.05) is 28.7 Å². The summed E-state index contributed by atoms with van der Waals surface area (Å²) in [5, 5.41) is 10.5. The van der Waals surface area contributed by atoms with Crippen LogP contribution in [0.3, 0.4) is 0 Å². The number of nitrogens with one attached hydrogen (secondary N) is 2. The molecule has 0 spiro atoms. The van der Waals surface area contributed by atoms with E-state index < -0.39 is 0 Å². The van der Waals surface area contributed by atoms with E-state index in [2.05, 4.69) is 42.3 Å². The molecule has 3 rings (SSSR count). The summed E-state index contributed by atoms with van der Waals surface area (Å²) in [6, 6.07) is 12.2. The summed E-state index contributed by atoms with van der Waals surface area (Å²) >= 11 is 0. The van der Waals surface area contributed by atoms with E-state index in [4.69, 9.17) is 15.6 Å². The van der Waals surface area contributed by atoms with Crippen molar-refractivity contribution in [2.24, 2.45) is 0 Å². The van der Waals surface area contributed by atoms with Gasteiger partial charge < -0.3 is 20.9 Å². The molecule has 0 bridgehead atoms. The lowest BCUT2D eigenvalue weighted by Gasteiger charge is -2.07. The van der Waals surface area contributed by atoms with Gasteiger partial charge >= 0.3 is 0 Å². The first kappa shape index (κ1) is 16.8. The number of rotatable bonds is 6. The molecule has 128 valence electrons. The number of aryl methyl sites for hydroxylation is 2. The number of anilines is 3. The Labute approximate surface area is 147 Å². The molecule has 0 amide bonds. The minimum absolute atomic E-state index is 0.410. The summed E-state index contributed by atoms with van der Waals surface area (Å²) in [6.07, 6.45) is 4.97. The third-order valence-electron chi connectivity index (χ3n) is 4.25. The monoisotopic (exact) mass is 334 g/mol. The third-order valence-corrected chi connectivity index (χ3v) is 4.25. The van der Waals surface area contributed by atoms with Gasteiger partial charge in [-0.2, -0.15) is 0 Å². The molecule has 0 aliphatic heterocycles. The van der Waals surface area contributed by atoms with Crippen molar-refractivity contribution in [2.75, 3.05) is 11.1 Å². The van der Waals surface area contributed by atoms with E-state index >= 15 is 0 Å². The van der Waals surface area contributed by atoms with Crippen LogP contribution < -0.4 is 11.1 Å². The molecule has 0 aliphatic carbocycles. The molecule has 0 radical (unpaired) electrons. The maximum absolute atomic E-state index is 7.38. The molecule has 25 heavy (non-hydrogen) atoms. The van der Waals surface area contributed by atoms with Crippen molar-refractivity contribution in [1.82, 2.24) is 4.98 Å². The van der Waals surface area contributed by atoms with Crippen LogP contribution in [0.5, 0.6) is 0 Å². The second-order valence-corrected chi connectivity index (χ2v) is 5.83. The number of nitrogens with zero attached hydrogens (tertiary/aromatic N) is 1. The minimum Gasteiger partial charge on any atom is -0.423 e.